The SMILES string of the molecule is C=C.C=C/C=C(\C=C/C)C[C@H](c1ccc(F)cc1)c1cc(F)cc(C(F)(F)F)c1.NC(=O)C1OC1(C(F)(F)F)C(F)(F)F. The molecule has 0 radical (unpaired) electrons. The quantitative estimate of drug-likeness (QED) is 0.144. The average molecular weight is 630 g/mol. The van der Waals surface area contributed by atoms with E-state index >= 15 is 0 Å². The number of nitrogens with two attached hydrogens (primary N) is 1. The van der Waals surface area contributed by atoms with Crippen molar-refractivity contribution in [1.29, 1.82) is 0 Å². The van der Waals surface area contributed by atoms with Crippen LogP contribution in [-0.4, -0.2) is 30.0 Å². The summed E-state index contributed by atoms with van der Waals surface area (Å²) in [5.74, 6) is -3.79. The average Bonchev–Trinajstić information content (AvgIpc) is 3.68. The molecule has 2 aromatic rings. The van der Waals surface area contributed by atoms with Crippen LogP contribution >= 0.6 is 0 Å². The fraction of sp³-hybridized carbons (Fsp3) is 0.276. The predicted octanol–water partition coefficient (Wildman–Crippen LogP) is 8.73. The van der Waals surface area contributed by atoms with Gasteiger partial charge in [0, 0.05) is 5.92 Å². The summed E-state index contributed by atoms with van der Waals surface area (Å²) in [6.07, 6.45) is -11.5. The van der Waals surface area contributed by atoms with Crippen molar-refractivity contribution in [2.45, 2.75) is 49.5 Å². The number of allylic oxidation sites excluding steroid dienone is 5. The van der Waals surface area contributed by atoms with Crippen molar-refractivity contribution in [2.75, 3.05) is 0 Å². The van der Waals surface area contributed by atoms with Crippen LogP contribution in [0.2, 0.25) is 0 Å². The van der Waals surface area contributed by atoms with Crippen LogP contribution in [-0.2, 0) is 15.7 Å². The summed E-state index contributed by atoms with van der Waals surface area (Å²) >= 11 is 0. The maximum absolute atomic E-state index is 13.9. The van der Waals surface area contributed by atoms with Crippen molar-refractivity contribution < 1.29 is 57.8 Å². The molecule has 1 aliphatic rings. The minimum Gasteiger partial charge on any atom is -0.367 e. The van der Waals surface area contributed by atoms with Crippen molar-refractivity contribution in [1.82, 2.24) is 0 Å². The zero-order valence-electron chi connectivity index (χ0n) is 22.4. The Morgan fingerprint density at radius 1 is 0.930 bits per heavy atom. The molecule has 0 saturated carbocycles. The number of benzene rings is 2. The van der Waals surface area contributed by atoms with Crippen LogP contribution in [0.4, 0.5) is 48.3 Å². The maximum atomic E-state index is 13.9. The van der Waals surface area contributed by atoms with Crippen LogP contribution < -0.4 is 5.73 Å². The van der Waals surface area contributed by atoms with E-state index in [0.717, 1.165) is 17.7 Å². The first kappa shape index (κ1) is 37.1. The Balaban J connectivity index is 0.000000485. The first-order valence-corrected chi connectivity index (χ1v) is 12.0. The molecule has 236 valence electrons. The summed E-state index contributed by atoms with van der Waals surface area (Å²) < 4.78 is 142. The third-order valence-electron chi connectivity index (χ3n) is 5.79. The Labute approximate surface area is 239 Å². The van der Waals surface area contributed by atoms with Crippen LogP contribution in [0.15, 0.2) is 92.1 Å². The molecule has 0 aromatic heterocycles. The second kappa shape index (κ2) is 14.5. The van der Waals surface area contributed by atoms with Crippen LogP contribution in [0.5, 0.6) is 0 Å². The van der Waals surface area contributed by atoms with Gasteiger partial charge in [-0.3, -0.25) is 4.79 Å². The Morgan fingerprint density at radius 3 is 1.84 bits per heavy atom. The van der Waals surface area contributed by atoms with E-state index in [4.69, 9.17) is 0 Å². The summed E-state index contributed by atoms with van der Waals surface area (Å²) in [5.41, 5.74) is 0.413. The third kappa shape index (κ3) is 9.27. The van der Waals surface area contributed by atoms with Crippen LogP contribution in [0.3, 0.4) is 0 Å². The summed E-state index contributed by atoms with van der Waals surface area (Å²) in [5, 5.41) is 0. The molecular weight excluding hydrogens is 603 g/mol. The Bertz CT molecular complexity index is 1290. The number of rotatable bonds is 7. The van der Waals surface area contributed by atoms with E-state index in [0.29, 0.717) is 18.1 Å². The molecule has 0 bridgehead atoms. The lowest BCUT2D eigenvalue weighted by Crippen LogP contribution is -2.50. The predicted molar refractivity (Wildman–Crippen MR) is 138 cm³/mol. The van der Waals surface area contributed by atoms with Gasteiger partial charge in [0.05, 0.1) is 5.56 Å². The Kier molecular flexibility index (Phi) is 12.5. The molecule has 1 unspecified atom stereocenters. The number of amides is 1. The fourth-order valence-corrected chi connectivity index (χ4v) is 3.90. The van der Waals surface area contributed by atoms with Crippen LogP contribution in [0, 0.1) is 11.6 Å². The fourth-order valence-electron chi connectivity index (χ4n) is 3.90. The lowest BCUT2D eigenvalue weighted by molar-refractivity contribution is -0.292. The minimum absolute atomic E-state index is 0.174. The van der Waals surface area contributed by atoms with Gasteiger partial charge in [0.1, 0.15) is 11.6 Å². The van der Waals surface area contributed by atoms with Gasteiger partial charge < -0.3 is 10.5 Å². The van der Waals surface area contributed by atoms with Gasteiger partial charge in [-0.2, -0.15) is 39.5 Å². The van der Waals surface area contributed by atoms with E-state index in [2.05, 4.69) is 30.2 Å². The number of alkyl halides is 9. The molecule has 14 heteroatoms. The zero-order chi connectivity index (χ0) is 33.4. The smallest absolute Gasteiger partial charge is 0.367 e. The largest absolute Gasteiger partial charge is 0.429 e. The maximum Gasteiger partial charge on any atom is 0.429 e. The molecule has 1 fully saturated rings. The molecule has 2 aromatic carbocycles. The van der Waals surface area contributed by atoms with E-state index in [1.54, 1.807) is 18.2 Å². The molecule has 0 spiro atoms. The topological polar surface area (TPSA) is 55.6 Å². The van der Waals surface area contributed by atoms with Crippen LogP contribution in [0.25, 0.3) is 0 Å². The Morgan fingerprint density at radius 2 is 1.47 bits per heavy atom. The summed E-state index contributed by atoms with van der Waals surface area (Å²) in [6.45, 7) is 11.5. The summed E-state index contributed by atoms with van der Waals surface area (Å²) in [7, 11) is 0. The van der Waals surface area contributed by atoms with Crippen molar-refractivity contribution in [2.24, 2.45) is 5.73 Å². The molecule has 2 atom stereocenters. The van der Waals surface area contributed by atoms with Gasteiger partial charge in [0.25, 0.3) is 5.60 Å². The molecule has 0 aliphatic carbocycles. The number of halogens is 11. The van der Waals surface area contributed by atoms with Crippen molar-refractivity contribution >= 4 is 5.91 Å². The summed E-state index contributed by atoms with van der Waals surface area (Å²) in [6, 6.07) is 7.97. The molecule has 1 saturated heterocycles. The highest BCUT2D eigenvalue weighted by Gasteiger charge is 2.88. The monoisotopic (exact) mass is 629 g/mol. The highest BCUT2D eigenvalue weighted by molar-refractivity contribution is 5.83. The highest BCUT2D eigenvalue weighted by Crippen LogP contribution is 2.58. The first-order chi connectivity index (χ1) is 19.8. The molecule has 1 aliphatic heterocycles. The number of hydrogen-bond donors (Lipinski definition) is 1. The van der Waals surface area contributed by atoms with Gasteiger partial charge >= 0.3 is 18.5 Å². The molecular formula is C29H26F11NO2. The van der Waals surface area contributed by atoms with Gasteiger partial charge in [0.15, 0.2) is 6.10 Å². The number of carbonyl (C=O) groups is 1. The molecule has 2 N–H and O–H groups in total. The molecule has 3 rings (SSSR count). The van der Waals surface area contributed by atoms with Crippen molar-refractivity contribution in [3.05, 3.63) is 120 Å². The second-order valence-corrected chi connectivity index (χ2v) is 8.69. The standard InChI is InChI=1S/C22H19F5.C5H3F6NO2.C2H4/c1-3-5-15(6-4-2)11-21(16-7-9-19(23)10-8-16)17-12-18(22(25,26)27)14-20(24)13-17;6-4(7,8)3(5(9,10)11)1(14-3)2(12)13;1-2/h3-10,12-14,21H,1,11H2,2H3;1H,(H2,12,13);1-2H2/b6-4-,15-5+;;/t21-;;/m1../s1. The number of epoxide rings is 1. The van der Waals surface area contributed by atoms with E-state index in [9.17, 15) is 53.1 Å². The highest BCUT2D eigenvalue weighted by atomic mass is 19.4. The number of carbonyl (C=O) groups excluding carboxylic acids is 1. The lowest BCUT2D eigenvalue weighted by Gasteiger charge is -2.20. The second-order valence-electron chi connectivity index (χ2n) is 8.69. The van der Waals surface area contributed by atoms with Crippen molar-refractivity contribution in [3.63, 3.8) is 0 Å². The van der Waals surface area contributed by atoms with Crippen molar-refractivity contribution in [3.8, 4) is 0 Å². The number of ether oxygens (including phenoxy) is 1. The normalized spacial score (nSPS) is 17.2. The number of primary amides is 1. The van der Waals surface area contributed by atoms with Gasteiger partial charge in [-0.25, -0.2) is 8.78 Å². The van der Waals surface area contributed by atoms with Gasteiger partial charge in [-0.05, 0) is 60.4 Å². The van der Waals surface area contributed by atoms with Gasteiger partial charge in [-0.15, -0.1) is 13.2 Å². The van der Waals surface area contributed by atoms with Gasteiger partial charge in [0.2, 0.25) is 5.91 Å². The molecule has 43 heavy (non-hydrogen) atoms. The Hall–Kier alpha value is -3.94. The number of hydrogen-bond acceptors (Lipinski definition) is 2. The van der Waals surface area contributed by atoms with E-state index in [1.807, 2.05) is 13.0 Å². The van der Waals surface area contributed by atoms with Gasteiger partial charge in [-0.1, -0.05) is 43.0 Å². The minimum atomic E-state index is -5.70. The lowest BCUT2D eigenvalue weighted by atomic mass is 9.84. The summed E-state index contributed by atoms with van der Waals surface area (Å²) in [4.78, 5) is 10.2. The molecule has 3 nitrogen and oxygen atoms in total. The zero-order valence-corrected chi connectivity index (χ0v) is 22.4. The molecule has 1 heterocycles. The molecule has 1 amide bonds. The van der Waals surface area contributed by atoms with E-state index in [1.165, 1.54) is 24.3 Å². The third-order valence-corrected chi connectivity index (χ3v) is 5.79. The van der Waals surface area contributed by atoms with E-state index < -0.39 is 59.3 Å². The van der Waals surface area contributed by atoms with E-state index in [-0.39, 0.29) is 5.56 Å². The first-order valence-electron chi connectivity index (χ1n) is 12.0. The van der Waals surface area contributed by atoms with Crippen LogP contribution in [0.1, 0.15) is 36.0 Å².